The molecular weight excluding hydrogens is 293 g/mol. The number of carbonyl (C=O) groups excluding carboxylic acids is 1. The van der Waals surface area contributed by atoms with Crippen molar-refractivity contribution < 1.29 is 19.1 Å². The first kappa shape index (κ1) is 17.5. The van der Waals surface area contributed by atoms with E-state index in [1.165, 1.54) is 34.9 Å². The molecule has 1 amide bonds. The Balaban J connectivity index is 2.95. The number of carboxylic acid groups (broad SMARTS) is 1. The summed E-state index contributed by atoms with van der Waals surface area (Å²) in [5.41, 5.74) is 0.381. The predicted octanol–water partition coefficient (Wildman–Crippen LogP) is 3.12. The lowest BCUT2D eigenvalue weighted by Gasteiger charge is -2.24. The Kier molecular flexibility index (Phi) is 6.68. The van der Waals surface area contributed by atoms with Gasteiger partial charge in [-0.15, -0.1) is 11.8 Å². The Morgan fingerprint density at radius 1 is 1.38 bits per heavy atom. The van der Waals surface area contributed by atoms with Gasteiger partial charge >= 0.3 is 5.97 Å². The van der Waals surface area contributed by atoms with E-state index in [2.05, 4.69) is 0 Å². The summed E-state index contributed by atoms with van der Waals surface area (Å²) in [4.78, 5) is 25.1. The fraction of sp³-hybridized carbons (Fsp3) is 0.467. The van der Waals surface area contributed by atoms with E-state index in [1.54, 1.807) is 6.26 Å². The molecule has 0 aromatic heterocycles. The van der Waals surface area contributed by atoms with Crippen LogP contribution in [0, 0.1) is 11.7 Å². The highest BCUT2D eigenvalue weighted by Crippen LogP contribution is 2.21. The zero-order chi connectivity index (χ0) is 16.0. The Bertz CT molecular complexity index is 520. The summed E-state index contributed by atoms with van der Waals surface area (Å²) < 4.78 is 13.5. The third-order valence-corrected chi connectivity index (χ3v) is 3.62. The van der Waals surface area contributed by atoms with Gasteiger partial charge in [0.15, 0.2) is 0 Å². The van der Waals surface area contributed by atoms with Gasteiger partial charge in [0.05, 0.1) is 6.42 Å². The van der Waals surface area contributed by atoms with Crippen molar-refractivity contribution in [3.05, 3.63) is 29.6 Å². The number of rotatable bonds is 7. The van der Waals surface area contributed by atoms with Crippen LogP contribution >= 0.6 is 11.8 Å². The fourth-order valence-electron chi connectivity index (χ4n) is 1.92. The summed E-state index contributed by atoms with van der Waals surface area (Å²) in [6, 6.07) is 4.21. The third-order valence-electron chi connectivity index (χ3n) is 2.87. The molecule has 0 heterocycles. The van der Waals surface area contributed by atoms with Gasteiger partial charge < -0.3 is 10.0 Å². The molecule has 4 nitrogen and oxygen atoms in total. The van der Waals surface area contributed by atoms with Crippen molar-refractivity contribution in [2.75, 3.05) is 19.3 Å². The van der Waals surface area contributed by atoms with Crippen LogP contribution in [0.25, 0.3) is 0 Å². The monoisotopic (exact) mass is 313 g/mol. The maximum atomic E-state index is 13.5. The SMILES string of the molecule is CSc1cc(C(=O)N(CCC(=O)O)CC(C)C)ccc1F. The van der Waals surface area contributed by atoms with E-state index in [9.17, 15) is 14.0 Å². The molecule has 0 aliphatic rings. The highest BCUT2D eigenvalue weighted by atomic mass is 32.2. The molecule has 0 saturated heterocycles. The molecule has 0 aliphatic heterocycles. The maximum Gasteiger partial charge on any atom is 0.305 e. The van der Waals surface area contributed by atoms with Crippen LogP contribution in [0.4, 0.5) is 4.39 Å². The van der Waals surface area contributed by atoms with Gasteiger partial charge in [0.1, 0.15) is 5.82 Å². The average Bonchev–Trinajstić information content (AvgIpc) is 2.42. The number of hydrogen-bond acceptors (Lipinski definition) is 3. The van der Waals surface area contributed by atoms with E-state index in [1.807, 2.05) is 13.8 Å². The first-order valence-electron chi connectivity index (χ1n) is 6.69. The smallest absolute Gasteiger partial charge is 0.305 e. The van der Waals surface area contributed by atoms with Gasteiger partial charge in [0.25, 0.3) is 5.91 Å². The molecule has 1 N–H and O–H groups in total. The topological polar surface area (TPSA) is 57.6 Å². The van der Waals surface area contributed by atoms with E-state index >= 15 is 0 Å². The highest BCUT2D eigenvalue weighted by molar-refractivity contribution is 7.98. The van der Waals surface area contributed by atoms with Crippen LogP contribution in [0.5, 0.6) is 0 Å². The number of benzene rings is 1. The van der Waals surface area contributed by atoms with Crippen LogP contribution in [0.3, 0.4) is 0 Å². The van der Waals surface area contributed by atoms with Crippen molar-refractivity contribution in [2.45, 2.75) is 25.2 Å². The summed E-state index contributed by atoms with van der Waals surface area (Å²) in [5.74, 6) is -1.34. The minimum Gasteiger partial charge on any atom is -0.481 e. The molecule has 1 aromatic carbocycles. The number of thioether (sulfide) groups is 1. The normalized spacial score (nSPS) is 10.7. The Labute approximate surface area is 128 Å². The number of carboxylic acids is 1. The summed E-state index contributed by atoms with van der Waals surface area (Å²) >= 11 is 1.23. The van der Waals surface area contributed by atoms with Crippen molar-refractivity contribution in [1.29, 1.82) is 0 Å². The Morgan fingerprint density at radius 2 is 2.05 bits per heavy atom. The molecule has 0 unspecified atom stereocenters. The number of halogens is 1. The molecule has 0 radical (unpaired) electrons. The van der Waals surface area contributed by atoms with Crippen LogP contribution in [-0.4, -0.2) is 41.2 Å². The summed E-state index contributed by atoms with van der Waals surface area (Å²) in [7, 11) is 0. The summed E-state index contributed by atoms with van der Waals surface area (Å²) in [6.45, 7) is 4.54. The van der Waals surface area contributed by atoms with Gasteiger partial charge in [-0.3, -0.25) is 9.59 Å². The molecule has 0 bridgehead atoms. The molecule has 21 heavy (non-hydrogen) atoms. The minimum atomic E-state index is -0.944. The van der Waals surface area contributed by atoms with Gasteiger partial charge in [-0.1, -0.05) is 13.8 Å². The van der Waals surface area contributed by atoms with Crippen LogP contribution in [0.15, 0.2) is 23.1 Å². The minimum absolute atomic E-state index is 0.102. The highest BCUT2D eigenvalue weighted by Gasteiger charge is 2.19. The largest absolute Gasteiger partial charge is 0.481 e. The summed E-state index contributed by atoms with van der Waals surface area (Å²) in [5, 5.41) is 8.78. The molecule has 0 saturated carbocycles. The van der Waals surface area contributed by atoms with Crippen molar-refractivity contribution in [3.63, 3.8) is 0 Å². The molecule has 0 atom stereocenters. The van der Waals surface area contributed by atoms with Gasteiger partial charge in [-0.2, -0.15) is 0 Å². The second kappa shape index (κ2) is 8.02. The van der Waals surface area contributed by atoms with E-state index in [0.29, 0.717) is 17.0 Å². The number of aliphatic carboxylic acids is 1. The zero-order valence-electron chi connectivity index (χ0n) is 12.4. The Morgan fingerprint density at radius 3 is 2.57 bits per heavy atom. The molecule has 116 valence electrons. The number of hydrogen-bond donors (Lipinski definition) is 1. The molecule has 6 heteroatoms. The lowest BCUT2D eigenvalue weighted by molar-refractivity contribution is -0.137. The third kappa shape index (κ3) is 5.38. The van der Waals surface area contributed by atoms with E-state index in [4.69, 9.17) is 5.11 Å². The van der Waals surface area contributed by atoms with Crippen molar-refractivity contribution in [1.82, 2.24) is 4.90 Å². The van der Waals surface area contributed by atoms with E-state index < -0.39 is 5.97 Å². The first-order chi connectivity index (χ1) is 9.85. The van der Waals surface area contributed by atoms with E-state index in [-0.39, 0.29) is 30.6 Å². The second-order valence-electron chi connectivity index (χ2n) is 5.14. The van der Waals surface area contributed by atoms with Gasteiger partial charge in [0, 0.05) is 23.5 Å². The average molecular weight is 313 g/mol. The van der Waals surface area contributed by atoms with Crippen LogP contribution in [-0.2, 0) is 4.79 Å². The van der Waals surface area contributed by atoms with Gasteiger partial charge in [-0.05, 0) is 30.4 Å². The molecule has 1 rings (SSSR count). The second-order valence-corrected chi connectivity index (χ2v) is 5.99. The summed E-state index contributed by atoms with van der Waals surface area (Å²) in [6.07, 6.45) is 1.64. The van der Waals surface area contributed by atoms with Crippen LogP contribution in [0.2, 0.25) is 0 Å². The zero-order valence-corrected chi connectivity index (χ0v) is 13.2. The van der Waals surface area contributed by atoms with Crippen LogP contribution in [0.1, 0.15) is 30.6 Å². The van der Waals surface area contributed by atoms with E-state index in [0.717, 1.165) is 0 Å². The maximum absolute atomic E-state index is 13.5. The molecule has 0 aliphatic carbocycles. The van der Waals surface area contributed by atoms with Crippen LogP contribution < -0.4 is 0 Å². The molecular formula is C15H20FNO3S. The standard InChI is InChI=1S/C15H20FNO3S/c1-10(2)9-17(7-6-14(18)19)15(20)11-4-5-12(16)13(8-11)21-3/h4-5,8,10H,6-7,9H2,1-3H3,(H,18,19). The van der Waals surface area contributed by atoms with Crippen molar-refractivity contribution >= 4 is 23.6 Å². The lowest BCUT2D eigenvalue weighted by atomic mass is 10.1. The molecule has 0 spiro atoms. The number of amides is 1. The van der Waals surface area contributed by atoms with Crippen molar-refractivity contribution in [3.8, 4) is 0 Å². The van der Waals surface area contributed by atoms with Crippen molar-refractivity contribution in [2.24, 2.45) is 5.92 Å². The predicted molar refractivity (Wildman–Crippen MR) is 81.2 cm³/mol. The lowest BCUT2D eigenvalue weighted by Crippen LogP contribution is -2.36. The van der Waals surface area contributed by atoms with Gasteiger partial charge in [-0.25, -0.2) is 4.39 Å². The molecule has 1 aromatic rings. The quantitative estimate of drug-likeness (QED) is 0.786. The number of nitrogens with zero attached hydrogens (tertiary/aromatic N) is 1. The molecule has 0 fully saturated rings. The number of carbonyl (C=O) groups is 2. The fourth-order valence-corrected chi connectivity index (χ4v) is 2.43. The Hall–Kier alpha value is -1.56. The first-order valence-corrected chi connectivity index (χ1v) is 7.92. The van der Waals surface area contributed by atoms with Gasteiger partial charge in [0.2, 0.25) is 0 Å².